The van der Waals surface area contributed by atoms with Crippen LogP contribution in [0.4, 0.5) is 0 Å². The van der Waals surface area contributed by atoms with Crippen LogP contribution in [0.1, 0.15) is 124 Å². The van der Waals surface area contributed by atoms with Gasteiger partial charge < -0.3 is 4.74 Å². The lowest BCUT2D eigenvalue weighted by atomic mass is 9.47. The number of unbranched alkanes of at least 4 members (excludes halogenated alkanes) is 5. The normalized spacial score (nSPS) is 39.9. The third-order valence-corrected chi connectivity index (χ3v) is 10.9. The number of hydrogen-bond acceptors (Lipinski definition) is 2. The zero-order valence-corrected chi connectivity index (χ0v) is 22.4. The largest absolute Gasteiger partial charge is 0.462 e. The molecule has 4 rings (SSSR count). The minimum Gasteiger partial charge on any atom is -0.462 e. The highest BCUT2D eigenvalue weighted by Crippen LogP contribution is 2.66. The number of halogens is 1. The summed E-state index contributed by atoms with van der Waals surface area (Å²) in [7, 11) is 0. The molecule has 0 radical (unpaired) electrons. The van der Waals surface area contributed by atoms with Crippen molar-refractivity contribution < 1.29 is 9.53 Å². The third-order valence-electron chi connectivity index (χ3n) is 10.8. The molecule has 2 nitrogen and oxygen atoms in total. The summed E-state index contributed by atoms with van der Waals surface area (Å²) < 4.78 is 5.77. The molecule has 7 atom stereocenters. The van der Waals surface area contributed by atoms with Gasteiger partial charge >= 0.3 is 5.97 Å². The van der Waals surface area contributed by atoms with Crippen LogP contribution in [0, 0.1) is 34.5 Å². The molecule has 0 amide bonds. The Morgan fingerprint density at radius 1 is 1.03 bits per heavy atom. The summed E-state index contributed by atoms with van der Waals surface area (Å²) in [6.07, 6.45) is 23.2. The molecule has 4 aliphatic carbocycles. The van der Waals surface area contributed by atoms with Crippen LogP contribution in [0.2, 0.25) is 0 Å². The maximum absolute atomic E-state index is 12.0. The molecule has 0 heterocycles. The molecule has 0 unspecified atom stereocenters. The molecule has 4 aliphatic rings. The first-order valence-electron chi connectivity index (χ1n) is 14.4. The first kappa shape index (κ1) is 25.6. The second-order valence-corrected chi connectivity index (χ2v) is 12.8. The molecule has 0 saturated heterocycles. The van der Waals surface area contributed by atoms with Crippen molar-refractivity contribution in [2.45, 2.75) is 130 Å². The standard InChI is InChI=1S/C30H49ClO2/c1-4-5-6-7-8-9-10-22-12-14-26-25-13-11-23-21-24(33-28(32)17-20-31)15-18-30(23,3)27(25)16-19-29(22,26)2/h11,22,24-27H,4-10,12-21H2,1-3H3/t22-,24+,25+,26-,27+,29-,30+/m1/s1. The maximum Gasteiger partial charge on any atom is 0.307 e. The highest BCUT2D eigenvalue weighted by atomic mass is 35.5. The third kappa shape index (κ3) is 5.22. The average molecular weight is 477 g/mol. The number of rotatable bonds is 10. The van der Waals surface area contributed by atoms with Gasteiger partial charge in [-0.25, -0.2) is 0 Å². The number of allylic oxidation sites excluding steroid dienone is 1. The van der Waals surface area contributed by atoms with Crippen LogP contribution in [0.25, 0.3) is 0 Å². The molecular formula is C30H49ClO2. The second kappa shape index (κ2) is 11.0. The van der Waals surface area contributed by atoms with Crippen LogP contribution in [-0.2, 0) is 9.53 Å². The summed E-state index contributed by atoms with van der Waals surface area (Å²) in [6, 6.07) is 0. The molecule has 3 saturated carbocycles. The van der Waals surface area contributed by atoms with E-state index in [1.165, 1.54) is 83.5 Å². The summed E-state index contributed by atoms with van der Waals surface area (Å²) in [4.78, 5) is 12.0. The Bertz CT molecular complexity index is 701. The van der Waals surface area contributed by atoms with Gasteiger partial charge in [0.2, 0.25) is 0 Å². The van der Waals surface area contributed by atoms with Crippen molar-refractivity contribution in [3.05, 3.63) is 11.6 Å². The van der Waals surface area contributed by atoms with Crippen molar-refractivity contribution in [1.29, 1.82) is 0 Å². The zero-order valence-electron chi connectivity index (χ0n) is 21.7. The molecule has 0 bridgehead atoms. The Morgan fingerprint density at radius 2 is 1.82 bits per heavy atom. The van der Waals surface area contributed by atoms with Gasteiger partial charge in [-0.15, -0.1) is 11.6 Å². The first-order chi connectivity index (χ1) is 15.9. The molecule has 0 aromatic carbocycles. The number of carbonyl (C=O) groups excluding carboxylic acids is 1. The monoisotopic (exact) mass is 476 g/mol. The topological polar surface area (TPSA) is 26.3 Å². The number of esters is 1. The van der Waals surface area contributed by atoms with E-state index in [4.69, 9.17) is 16.3 Å². The van der Waals surface area contributed by atoms with Gasteiger partial charge in [0, 0.05) is 12.3 Å². The number of fused-ring (bicyclic) bond motifs is 5. The lowest BCUT2D eigenvalue weighted by Crippen LogP contribution is -2.50. The SMILES string of the molecule is CCCCCCCC[C@@H]1CC[C@@H]2[C@@H]3CC=C4C[C@@H](OC(=O)CCCl)CC[C@]4(C)[C@H]3CC[C@]12C. The highest BCUT2D eigenvalue weighted by Gasteiger charge is 2.58. The molecule has 3 fully saturated rings. The van der Waals surface area contributed by atoms with E-state index >= 15 is 0 Å². The van der Waals surface area contributed by atoms with Crippen molar-refractivity contribution in [3.63, 3.8) is 0 Å². The predicted molar refractivity (Wildman–Crippen MR) is 138 cm³/mol. The fraction of sp³-hybridized carbons (Fsp3) is 0.900. The fourth-order valence-electron chi connectivity index (χ4n) is 8.80. The van der Waals surface area contributed by atoms with Gasteiger partial charge in [-0.05, 0) is 85.9 Å². The molecule has 0 aromatic rings. The predicted octanol–water partition coefficient (Wildman–Crippen LogP) is 8.86. The molecule has 188 valence electrons. The van der Waals surface area contributed by atoms with Crippen molar-refractivity contribution in [3.8, 4) is 0 Å². The molecule has 0 aromatic heterocycles. The van der Waals surface area contributed by atoms with Crippen LogP contribution in [-0.4, -0.2) is 18.0 Å². The minimum absolute atomic E-state index is 0.0682. The number of hydrogen-bond donors (Lipinski definition) is 0. The van der Waals surface area contributed by atoms with E-state index in [0.717, 1.165) is 36.5 Å². The summed E-state index contributed by atoms with van der Waals surface area (Å²) >= 11 is 5.73. The smallest absolute Gasteiger partial charge is 0.307 e. The van der Waals surface area contributed by atoms with Crippen LogP contribution in [0.5, 0.6) is 0 Å². The molecule has 3 heteroatoms. The maximum atomic E-state index is 12.0. The Labute approximate surface area is 208 Å². The lowest BCUT2D eigenvalue weighted by Gasteiger charge is -2.58. The van der Waals surface area contributed by atoms with E-state index in [1.54, 1.807) is 5.57 Å². The van der Waals surface area contributed by atoms with E-state index < -0.39 is 0 Å². The van der Waals surface area contributed by atoms with Gasteiger partial charge in [-0.2, -0.15) is 0 Å². The summed E-state index contributed by atoms with van der Waals surface area (Å²) in [6.45, 7) is 7.54. The number of ether oxygens (including phenoxy) is 1. The molecule has 0 aliphatic heterocycles. The Hall–Kier alpha value is -0.500. The van der Waals surface area contributed by atoms with Gasteiger partial charge in [0.25, 0.3) is 0 Å². The molecule has 0 spiro atoms. The van der Waals surface area contributed by atoms with E-state index in [1.807, 2.05) is 0 Å². The number of carbonyl (C=O) groups is 1. The van der Waals surface area contributed by atoms with E-state index in [-0.39, 0.29) is 12.1 Å². The van der Waals surface area contributed by atoms with Gasteiger partial charge in [0.15, 0.2) is 0 Å². The Balaban J connectivity index is 1.37. The minimum atomic E-state index is -0.122. The van der Waals surface area contributed by atoms with Gasteiger partial charge in [-0.1, -0.05) is 70.9 Å². The van der Waals surface area contributed by atoms with Crippen molar-refractivity contribution in [2.75, 3.05) is 5.88 Å². The highest BCUT2D eigenvalue weighted by molar-refractivity contribution is 6.18. The van der Waals surface area contributed by atoms with Crippen LogP contribution in [0.15, 0.2) is 11.6 Å². The second-order valence-electron chi connectivity index (χ2n) is 12.4. The molecule has 0 N–H and O–H groups in total. The molecule has 33 heavy (non-hydrogen) atoms. The van der Waals surface area contributed by atoms with E-state index in [0.29, 0.717) is 23.1 Å². The van der Waals surface area contributed by atoms with Crippen LogP contribution < -0.4 is 0 Å². The Morgan fingerprint density at radius 3 is 2.61 bits per heavy atom. The van der Waals surface area contributed by atoms with Crippen molar-refractivity contribution in [2.24, 2.45) is 34.5 Å². The Kier molecular flexibility index (Phi) is 8.57. The summed E-state index contributed by atoms with van der Waals surface area (Å²) in [5, 5.41) is 0. The summed E-state index contributed by atoms with van der Waals surface area (Å²) in [5.41, 5.74) is 2.52. The number of alkyl halides is 1. The van der Waals surface area contributed by atoms with Crippen molar-refractivity contribution in [1.82, 2.24) is 0 Å². The average Bonchev–Trinajstić information content (AvgIpc) is 3.13. The van der Waals surface area contributed by atoms with E-state index in [9.17, 15) is 4.79 Å². The van der Waals surface area contributed by atoms with Crippen LogP contribution >= 0.6 is 11.6 Å². The zero-order chi connectivity index (χ0) is 23.5. The van der Waals surface area contributed by atoms with Crippen LogP contribution in [0.3, 0.4) is 0 Å². The fourth-order valence-corrected chi connectivity index (χ4v) is 8.96. The van der Waals surface area contributed by atoms with Crippen molar-refractivity contribution >= 4 is 17.6 Å². The van der Waals surface area contributed by atoms with Gasteiger partial charge in [0.1, 0.15) is 6.10 Å². The van der Waals surface area contributed by atoms with E-state index in [2.05, 4.69) is 26.8 Å². The van der Waals surface area contributed by atoms with Gasteiger partial charge in [0.05, 0.1) is 6.42 Å². The summed E-state index contributed by atoms with van der Waals surface area (Å²) in [5.74, 6) is 3.84. The first-order valence-corrected chi connectivity index (χ1v) is 14.9. The molecular weight excluding hydrogens is 428 g/mol. The van der Waals surface area contributed by atoms with Gasteiger partial charge in [-0.3, -0.25) is 4.79 Å². The quantitative estimate of drug-likeness (QED) is 0.136. The lowest BCUT2D eigenvalue weighted by molar-refractivity contribution is -0.151.